The van der Waals surface area contributed by atoms with Crippen molar-refractivity contribution in [1.29, 1.82) is 0 Å². The van der Waals surface area contributed by atoms with Crippen molar-refractivity contribution in [3.63, 3.8) is 0 Å². The van der Waals surface area contributed by atoms with Gasteiger partial charge in [-0.2, -0.15) is 0 Å². The fourth-order valence-corrected chi connectivity index (χ4v) is 3.03. The van der Waals surface area contributed by atoms with Crippen molar-refractivity contribution in [3.05, 3.63) is 0 Å². The van der Waals surface area contributed by atoms with Crippen molar-refractivity contribution in [1.82, 2.24) is 0 Å². The van der Waals surface area contributed by atoms with Crippen LogP contribution in [0.5, 0.6) is 0 Å². The molecule has 0 spiro atoms. The molecule has 0 aromatic carbocycles. The zero-order valence-corrected chi connectivity index (χ0v) is 18.5. The molecule has 5 heteroatoms. The van der Waals surface area contributed by atoms with E-state index >= 15 is 0 Å². The number of unbranched alkanes of at least 4 members (excludes halogenated alkanes) is 15. The first-order valence-corrected chi connectivity index (χ1v) is 10.5. The van der Waals surface area contributed by atoms with E-state index in [9.17, 15) is 8.76 Å². The Labute approximate surface area is 169 Å². The quantitative estimate of drug-likeness (QED) is 0.215. The molecule has 0 rings (SSSR count). The molecule has 0 fully saturated rings. The second-order valence-corrected chi connectivity index (χ2v) is 6.97. The maximum atomic E-state index is 10.1. The zero-order chi connectivity index (χ0) is 16.3. The predicted molar refractivity (Wildman–Crippen MR) is 94.4 cm³/mol. The summed E-state index contributed by atoms with van der Waals surface area (Å²) in [5, 5.41) is 0. The molecule has 0 amide bonds. The van der Waals surface area contributed by atoms with Crippen LogP contribution in [0.1, 0.15) is 110 Å². The molecule has 0 heterocycles. The van der Waals surface area contributed by atoms with Gasteiger partial charge in [-0.3, -0.25) is 0 Å². The van der Waals surface area contributed by atoms with Gasteiger partial charge in [0.15, 0.2) is 0 Å². The van der Waals surface area contributed by atoms with Crippen LogP contribution in [0.2, 0.25) is 0 Å². The molecular formula is C18H37NaO3S. The van der Waals surface area contributed by atoms with E-state index in [0.29, 0.717) is 6.61 Å². The Morgan fingerprint density at radius 1 is 0.652 bits per heavy atom. The zero-order valence-electron chi connectivity index (χ0n) is 15.7. The summed E-state index contributed by atoms with van der Waals surface area (Å²) in [6.45, 7) is 2.61. The third-order valence-corrected chi connectivity index (χ3v) is 4.54. The van der Waals surface area contributed by atoms with Crippen LogP contribution < -0.4 is 29.6 Å². The maximum absolute atomic E-state index is 10.1. The molecule has 1 atom stereocenters. The molecule has 0 aromatic heterocycles. The second kappa shape index (κ2) is 23.1. The van der Waals surface area contributed by atoms with Crippen LogP contribution in [0.15, 0.2) is 0 Å². The fraction of sp³-hybridized carbons (Fsp3) is 1.00. The Morgan fingerprint density at radius 2 is 0.957 bits per heavy atom. The number of hydrogen-bond donors (Lipinski definition) is 0. The Hall–Kier alpha value is 1.07. The molecule has 0 N–H and O–H groups in total. The van der Waals surface area contributed by atoms with Gasteiger partial charge in [-0.05, 0) is 6.42 Å². The summed E-state index contributed by atoms with van der Waals surface area (Å²) < 4.78 is 24.8. The summed E-state index contributed by atoms with van der Waals surface area (Å²) in [5.41, 5.74) is 0. The molecule has 0 saturated heterocycles. The van der Waals surface area contributed by atoms with E-state index in [-0.39, 0.29) is 29.6 Å². The average Bonchev–Trinajstić information content (AvgIpc) is 2.50. The van der Waals surface area contributed by atoms with Crippen molar-refractivity contribution >= 4 is 11.4 Å². The van der Waals surface area contributed by atoms with E-state index in [4.69, 9.17) is 0 Å². The summed E-state index contributed by atoms with van der Waals surface area (Å²) in [6.07, 6.45) is 21.2. The van der Waals surface area contributed by atoms with Crippen molar-refractivity contribution in [2.24, 2.45) is 0 Å². The van der Waals surface area contributed by atoms with Crippen LogP contribution in [0.4, 0.5) is 0 Å². The van der Waals surface area contributed by atoms with Gasteiger partial charge < -0.3 is 8.74 Å². The van der Waals surface area contributed by atoms with Gasteiger partial charge >= 0.3 is 29.6 Å². The molecule has 23 heavy (non-hydrogen) atoms. The van der Waals surface area contributed by atoms with Crippen molar-refractivity contribution in [3.8, 4) is 0 Å². The third-order valence-electron chi connectivity index (χ3n) is 4.18. The first kappa shape index (κ1) is 26.3. The van der Waals surface area contributed by atoms with Gasteiger partial charge in [-0.25, -0.2) is 4.21 Å². The number of rotatable bonds is 18. The molecule has 0 aliphatic rings. The normalized spacial score (nSPS) is 12.1. The Morgan fingerprint density at radius 3 is 1.26 bits per heavy atom. The summed E-state index contributed by atoms with van der Waals surface area (Å²) >= 11 is -2.33. The van der Waals surface area contributed by atoms with Crippen LogP contribution in [-0.4, -0.2) is 15.4 Å². The minimum Gasteiger partial charge on any atom is -0.750 e. The van der Waals surface area contributed by atoms with Crippen LogP contribution >= 0.6 is 0 Å². The molecule has 0 aliphatic heterocycles. The standard InChI is InChI=1S/C18H38O3S.Na/c1-2-3-4-5-6-7-8-9-10-11-12-13-14-15-16-17-18-21-22(19)20;/h2-18H2,1H3,(H,19,20);/q;+1/p-1. The molecule has 3 nitrogen and oxygen atoms in total. The second-order valence-electron chi connectivity index (χ2n) is 6.33. The third kappa shape index (κ3) is 25.4. The van der Waals surface area contributed by atoms with Crippen LogP contribution in [0, 0.1) is 0 Å². The van der Waals surface area contributed by atoms with Crippen molar-refractivity contribution < 1.29 is 42.5 Å². The molecule has 0 aliphatic carbocycles. The SMILES string of the molecule is CCCCCCCCCCCCCCCCCCOS(=O)[O-].[Na+]. The topological polar surface area (TPSA) is 49.4 Å². The molecular weight excluding hydrogens is 319 g/mol. The first-order chi connectivity index (χ1) is 10.8. The van der Waals surface area contributed by atoms with Crippen LogP contribution in [0.25, 0.3) is 0 Å². The molecule has 134 valence electrons. The van der Waals surface area contributed by atoms with E-state index in [1.807, 2.05) is 0 Å². The fourth-order valence-electron chi connectivity index (χ4n) is 2.78. The molecule has 0 aromatic rings. The Bertz CT molecular complexity index is 240. The summed E-state index contributed by atoms with van der Waals surface area (Å²) in [4.78, 5) is 0. The van der Waals surface area contributed by atoms with E-state index < -0.39 is 11.4 Å². The van der Waals surface area contributed by atoms with Crippen LogP contribution in [0.3, 0.4) is 0 Å². The summed E-state index contributed by atoms with van der Waals surface area (Å²) in [7, 11) is 0. The van der Waals surface area contributed by atoms with Crippen molar-refractivity contribution in [2.75, 3.05) is 6.61 Å². The summed E-state index contributed by atoms with van der Waals surface area (Å²) in [5.74, 6) is 0. The van der Waals surface area contributed by atoms with E-state index in [1.165, 1.54) is 89.9 Å². The van der Waals surface area contributed by atoms with Gasteiger partial charge in [0.05, 0.1) is 18.0 Å². The average molecular weight is 357 g/mol. The van der Waals surface area contributed by atoms with E-state index in [0.717, 1.165) is 12.8 Å². The largest absolute Gasteiger partial charge is 1.00 e. The molecule has 0 saturated carbocycles. The van der Waals surface area contributed by atoms with Gasteiger partial charge in [-0.15, -0.1) is 0 Å². The van der Waals surface area contributed by atoms with Crippen molar-refractivity contribution in [2.45, 2.75) is 110 Å². The maximum Gasteiger partial charge on any atom is 1.00 e. The minimum atomic E-state index is -2.33. The van der Waals surface area contributed by atoms with E-state index in [1.54, 1.807) is 0 Å². The smallest absolute Gasteiger partial charge is 0.750 e. The van der Waals surface area contributed by atoms with Gasteiger partial charge in [0.2, 0.25) is 0 Å². The van der Waals surface area contributed by atoms with Gasteiger partial charge in [0.25, 0.3) is 0 Å². The first-order valence-electron chi connectivity index (χ1n) is 9.50. The van der Waals surface area contributed by atoms with Gasteiger partial charge in [0, 0.05) is 0 Å². The minimum absolute atomic E-state index is 0. The van der Waals surface area contributed by atoms with Gasteiger partial charge in [0.1, 0.15) is 0 Å². The number of hydrogen-bond acceptors (Lipinski definition) is 3. The molecule has 0 radical (unpaired) electrons. The predicted octanol–water partition coefficient (Wildman–Crippen LogP) is 3.06. The molecule has 0 bridgehead atoms. The van der Waals surface area contributed by atoms with Crippen LogP contribution in [-0.2, 0) is 15.5 Å². The van der Waals surface area contributed by atoms with Gasteiger partial charge in [-0.1, -0.05) is 103 Å². The van der Waals surface area contributed by atoms with E-state index in [2.05, 4.69) is 11.1 Å². The molecule has 1 unspecified atom stereocenters. The monoisotopic (exact) mass is 356 g/mol. The Balaban J connectivity index is 0. The summed E-state index contributed by atoms with van der Waals surface area (Å²) in [6, 6.07) is 0. The Kier molecular flexibility index (Phi) is 26.4.